The number of nitrogens with one attached hydrogen (secondary N) is 1. The Morgan fingerprint density at radius 1 is 1.45 bits per heavy atom. The molecule has 0 aromatic heterocycles. The molecule has 0 saturated carbocycles. The first-order chi connectivity index (χ1) is 9.25. The van der Waals surface area contributed by atoms with E-state index in [0.29, 0.717) is 6.54 Å². The Morgan fingerprint density at radius 3 is 2.65 bits per heavy atom. The van der Waals surface area contributed by atoms with Crippen LogP contribution in [0.2, 0.25) is 0 Å². The molecule has 4 nitrogen and oxygen atoms in total. The van der Waals surface area contributed by atoms with Gasteiger partial charge in [-0.25, -0.2) is 0 Å². The summed E-state index contributed by atoms with van der Waals surface area (Å²) in [5.74, 6) is -0.873. The first-order valence-corrected chi connectivity index (χ1v) is 6.16. The van der Waals surface area contributed by atoms with Crippen LogP contribution in [0.25, 0.3) is 0 Å². The van der Waals surface area contributed by atoms with Gasteiger partial charge in [-0.05, 0) is 31.5 Å². The lowest BCUT2D eigenvalue weighted by molar-refractivity contribution is -0.140. The third-order valence-electron chi connectivity index (χ3n) is 2.53. The van der Waals surface area contributed by atoms with Crippen molar-refractivity contribution in [3.8, 4) is 5.75 Å². The van der Waals surface area contributed by atoms with E-state index in [-0.39, 0.29) is 5.69 Å². The van der Waals surface area contributed by atoms with E-state index < -0.39 is 29.5 Å². The number of ether oxygens (including phenoxy) is 1. The molecule has 20 heavy (non-hydrogen) atoms. The van der Waals surface area contributed by atoms with Gasteiger partial charge in [-0.2, -0.15) is 13.2 Å². The fraction of sp³-hybridized carbons (Fsp3) is 0.462. The van der Waals surface area contributed by atoms with Crippen LogP contribution in [0.15, 0.2) is 18.2 Å². The molecule has 0 saturated heterocycles. The van der Waals surface area contributed by atoms with Crippen LogP contribution in [0.3, 0.4) is 0 Å². The van der Waals surface area contributed by atoms with Gasteiger partial charge in [-0.15, -0.1) is 0 Å². The third kappa shape index (κ3) is 4.32. The maximum Gasteiger partial charge on any atom is 0.420 e. The molecule has 1 atom stereocenters. The van der Waals surface area contributed by atoms with Gasteiger partial charge in [-0.1, -0.05) is 6.92 Å². The largest absolute Gasteiger partial charge is 0.480 e. The van der Waals surface area contributed by atoms with Crippen molar-refractivity contribution >= 4 is 11.6 Å². The molecule has 1 unspecified atom stereocenters. The Hall–Kier alpha value is -1.92. The van der Waals surface area contributed by atoms with Crippen LogP contribution in [0, 0.1) is 0 Å². The number of hydrogen-bond acceptors (Lipinski definition) is 3. The fourth-order valence-electron chi connectivity index (χ4n) is 1.51. The topological polar surface area (TPSA) is 64.3 Å². The zero-order chi connectivity index (χ0) is 15.3. The average Bonchev–Trinajstić information content (AvgIpc) is 2.36. The van der Waals surface area contributed by atoms with Crippen LogP contribution >= 0.6 is 0 Å². The number of hydrogen-bond donors (Lipinski definition) is 2. The van der Waals surface area contributed by atoms with Gasteiger partial charge in [0.25, 0.3) is 5.91 Å². The number of rotatable bonds is 5. The quantitative estimate of drug-likeness (QED) is 0.819. The van der Waals surface area contributed by atoms with Gasteiger partial charge < -0.3 is 15.8 Å². The molecular weight excluding hydrogens is 273 g/mol. The molecule has 1 aromatic carbocycles. The molecule has 0 aliphatic carbocycles. The molecule has 112 valence electrons. The fourth-order valence-corrected chi connectivity index (χ4v) is 1.51. The minimum atomic E-state index is -4.59. The molecule has 0 fully saturated rings. The van der Waals surface area contributed by atoms with E-state index in [1.54, 1.807) is 0 Å². The predicted octanol–water partition coefficient (Wildman–Crippen LogP) is 2.58. The Bertz CT molecular complexity index is 475. The number of amides is 1. The molecule has 0 aliphatic heterocycles. The van der Waals surface area contributed by atoms with E-state index >= 15 is 0 Å². The van der Waals surface area contributed by atoms with Crippen LogP contribution in [0.4, 0.5) is 18.9 Å². The minimum absolute atomic E-state index is 0.0206. The normalized spacial score (nSPS) is 12.8. The summed E-state index contributed by atoms with van der Waals surface area (Å²) in [6.07, 6.45) is -4.88. The second kappa shape index (κ2) is 6.49. The lowest BCUT2D eigenvalue weighted by Crippen LogP contribution is -2.37. The molecule has 7 heteroatoms. The van der Waals surface area contributed by atoms with Crippen LogP contribution in [0.5, 0.6) is 5.75 Å². The van der Waals surface area contributed by atoms with Gasteiger partial charge in [0.15, 0.2) is 6.10 Å². The lowest BCUT2D eigenvalue weighted by atomic mass is 10.1. The Kier molecular flexibility index (Phi) is 5.24. The summed E-state index contributed by atoms with van der Waals surface area (Å²) in [7, 11) is 0. The first-order valence-electron chi connectivity index (χ1n) is 6.16. The molecule has 0 heterocycles. The highest BCUT2D eigenvalue weighted by Crippen LogP contribution is 2.37. The Balaban J connectivity index is 2.89. The molecule has 0 aliphatic rings. The van der Waals surface area contributed by atoms with Gasteiger partial charge in [0.05, 0.1) is 5.56 Å². The SMILES string of the molecule is CCCNC(=O)C(C)Oc1ccc(N)cc1C(F)(F)F. The second-order valence-electron chi connectivity index (χ2n) is 4.30. The van der Waals surface area contributed by atoms with Gasteiger partial charge in [0.2, 0.25) is 0 Å². The van der Waals surface area contributed by atoms with Crippen molar-refractivity contribution in [2.24, 2.45) is 0 Å². The monoisotopic (exact) mass is 290 g/mol. The van der Waals surface area contributed by atoms with Crippen molar-refractivity contribution in [2.75, 3.05) is 12.3 Å². The first kappa shape index (κ1) is 16.1. The van der Waals surface area contributed by atoms with E-state index in [2.05, 4.69) is 5.32 Å². The number of carbonyl (C=O) groups excluding carboxylic acids is 1. The minimum Gasteiger partial charge on any atom is -0.480 e. The highest BCUT2D eigenvalue weighted by molar-refractivity contribution is 5.80. The Labute approximate surface area is 115 Å². The Morgan fingerprint density at radius 2 is 2.10 bits per heavy atom. The average molecular weight is 290 g/mol. The van der Waals surface area contributed by atoms with Crippen LogP contribution in [0.1, 0.15) is 25.8 Å². The number of anilines is 1. The maximum absolute atomic E-state index is 12.8. The van der Waals surface area contributed by atoms with Crippen molar-refractivity contribution in [1.82, 2.24) is 5.32 Å². The molecule has 3 N–H and O–H groups in total. The predicted molar refractivity (Wildman–Crippen MR) is 69.2 cm³/mol. The van der Waals surface area contributed by atoms with Crippen LogP contribution < -0.4 is 15.8 Å². The summed E-state index contributed by atoms with van der Waals surface area (Å²) in [6, 6.07) is 3.19. The number of carbonyl (C=O) groups is 1. The maximum atomic E-state index is 12.8. The van der Waals surface area contributed by atoms with Crippen molar-refractivity contribution in [3.63, 3.8) is 0 Å². The molecular formula is C13H17F3N2O2. The van der Waals surface area contributed by atoms with Gasteiger partial charge in [-0.3, -0.25) is 4.79 Å². The van der Waals surface area contributed by atoms with Gasteiger partial charge >= 0.3 is 6.18 Å². The highest BCUT2D eigenvalue weighted by Gasteiger charge is 2.35. The molecule has 0 spiro atoms. The summed E-state index contributed by atoms with van der Waals surface area (Å²) < 4.78 is 43.6. The van der Waals surface area contributed by atoms with Gasteiger partial charge in [0, 0.05) is 12.2 Å². The van der Waals surface area contributed by atoms with Crippen LogP contribution in [-0.4, -0.2) is 18.6 Å². The number of nitrogen functional groups attached to an aromatic ring is 1. The molecule has 1 rings (SSSR count). The molecule has 0 bridgehead atoms. The van der Waals surface area contributed by atoms with Crippen LogP contribution in [-0.2, 0) is 11.0 Å². The summed E-state index contributed by atoms with van der Waals surface area (Å²) in [6.45, 7) is 3.70. The van der Waals surface area contributed by atoms with Crippen molar-refractivity contribution in [3.05, 3.63) is 23.8 Å². The van der Waals surface area contributed by atoms with Crippen molar-refractivity contribution < 1.29 is 22.7 Å². The number of halogens is 3. The van der Waals surface area contributed by atoms with E-state index in [1.807, 2.05) is 6.92 Å². The standard InChI is InChI=1S/C13H17F3N2O2/c1-3-6-18-12(19)8(2)20-11-5-4-9(17)7-10(11)13(14,15)16/h4-5,7-8H,3,6,17H2,1-2H3,(H,18,19). The second-order valence-corrected chi connectivity index (χ2v) is 4.30. The lowest BCUT2D eigenvalue weighted by Gasteiger charge is -2.18. The van der Waals surface area contributed by atoms with E-state index in [0.717, 1.165) is 18.6 Å². The summed E-state index contributed by atoms with van der Waals surface area (Å²) in [4.78, 5) is 11.6. The molecule has 1 aromatic rings. The van der Waals surface area contributed by atoms with Gasteiger partial charge in [0.1, 0.15) is 5.75 Å². The van der Waals surface area contributed by atoms with Crippen molar-refractivity contribution in [2.45, 2.75) is 32.5 Å². The van der Waals surface area contributed by atoms with Crippen molar-refractivity contribution in [1.29, 1.82) is 0 Å². The van der Waals surface area contributed by atoms with E-state index in [4.69, 9.17) is 10.5 Å². The summed E-state index contributed by atoms with van der Waals surface area (Å²) in [5, 5.41) is 2.55. The number of benzene rings is 1. The molecule has 1 amide bonds. The van der Waals surface area contributed by atoms with E-state index in [1.165, 1.54) is 13.0 Å². The molecule has 0 radical (unpaired) electrons. The van der Waals surface area contributed by atoms with E-state index in [9.17, 15) is 18.0 Å². The number of nitrogens with two attached hydrogens (primary N) is 1. The summed E-state index contributed by atoms with van der Waals surface area (Å²) in [5.41, 5.74) is 4.33. The number of alkyl halides is 3. The zero-order valence-corrected chi connectivity index (χ0v) is 11.3. The smallest absolute Gasteiger partial charge is 0.420 e. The third-order valence-corrected chi connectivity index (χ3v) is 2.53. The zero-order valence-electron chi connectivity index (χ0n) is 11.3. The highest BCUT2D eigenvalue weighted by atomic mass is 19.4. The summed E-state index contributed by atoms with van der Waals surface area (Å²) >= 11 is 0.